The number of nitrogens with one attached hydrogen (secondary N) is 1. The number of rotatable bonds is 4. The summed E-state index contributed by atoms with van der Waals surface area (Å²) >= 11 is 0. The number of hydrogen-bond acceptors (Lipinski definition) is 4. The Balaban J connectivity index is 2.05. The van der Waals surface area contributed by atoms with E-state index >= 15 is 0 Å². The van der Waals surface area contributed by atoms with Gasteiger partial charge in [-0.1, -0.05) is 18.2 Å². The molecule has 4 heteroatoms. The maximum Gasteiger partial charge on any atom is 0.337 e. The molecule has 0 aliphatic rings. The van der Waals surface area contributed by atoms with Gasteiger partial charge in [-0.05, 0) is 35.9 Å². The Morgan fingerprint density at radius 1 is 1.21 bits per heavy atom. The summed E-state index contributed by atoms with van der Waals surface area (Å²) in [5, 5.41) is 3.24. The number of benzene rings is 2. The van der Waals surface area contributed by atoms with E-state index in [9.17, 15) is 4.79 Å². The molecule has 98 valence electrons. The topological polar surface area (TPSA) is 64.3 Å². The number of nitrogen functional groups attached to an aromatic ring is 1. The SMILES string of the molecule is COC(=O)c1cccc(NCc2cccc(N)c2)c1. The van der Waals surface area contributed by atoms with Gasteiger partial charge in [0.25, 0.3) is 0 Å². The standard InChI is InChI=1S/C15H16N2O2/c1-19-15(18)12-5-3-7-14(9-12)17-10-11-4-2-6-13(16)8-11/h2-9,17H,10,16H2,1H3. The van der Waals surface area contributed by atoms with Crippen molar-refractivity contribution in [3.63, 3.8) is 0 Å². The molecule has 3 N–H and O–H groups in total. The molecule has 2 aromatic carbocycles. The van der Waals surface area contributed by atoms with E-state index in [0.717, 1.165) is 16.9 Å². The molecule has 0 saturated heterocycles. The highest BCUT2D eigenvalue weighted by Crippen LogP contribution is 2.14. The van der Waals surface area contributed by atoms with Crippen LogP contribution in [0.2, 0.25) is 0 Å². The maximum atomic E-state index is 11.4. The van der Waals surface area contributed by atoms with Gasteiger partial charge in [0.2, 0.25) is 0 Å². The molecule has 0 heterocycles. The normalized spacial score (nSPS) is 9.95. The summed E-state index contributed by atoms with van der Waals surface area (Å²) < 4.78 is 4.69. The number of methoxy groups -OCH3 is 1. The summed E-state index contributed by atoms with van der Waals surface area (Å²) in [5.74, 6) is -0.340. The van der Waals surface area contributed by atoms with Crippen LogP contribution in [-0.2, 0) is 11.3 Å². The van der Waals surface area contributed by atoms with Crippen molar-refractivity contribution >= 4 is 17.3 Å². The Kier molecular flexibility index (Phi) is 4.03. The highest BCUT2D eigenvalue weighted by atomic mass is 16.5. The van der Waals surface area contributed by atoms with E-state index < -0.39 is 0 Å². The van der Waals surface area contributed by atoms with E-state index in [-0.39, 0.29) is 5.97 Å². The lowest BCUT2D eigenvalue weighted by atomic mass is 10.1. The Morgan fingerprint density at radius 2 is 2.00 bits per heavy atom. The monoisotopic (exact) mass is 256 g/mol. The second-order valence-corrected chi connectivity index (χ2v) is 4.17. The fraction of sp³-hybridized carbons (Fsp3) is 0.133. The molecule has 0 saturated carbocycles. The van der Waals surface area contributed by atoms with Crippen LogP contribution in [0.15, 0.2) is 48.5 Å². The van der Waals surface area contributed by atoms with Crippen LogP contribution in [0, 0.1) is 0 Å². The zero-order chi connectivity index (χ0) is 13.7. The van der Waals surface area contributed by atoms with Crippen molar-refractivity contribution in [3.05, 3.63) is 59.7 Å². The van der Waals surface area contributed by atoms with Crippen molar-refractivity contribution in [1.82, 2.24) is 0 Å². The maximum absolute atomic E-state index is 11.4. The zero-order valence-electron chi connectivity index (χ0n) is 10.7. The first-order chi connectivity index (χ1) is 9.19. The van der Waals surface area contributed by atoms with Crippen molar-refractivity contribution < 1.29 is 9.53 Å². The van der Waals surface area contributed by atoms with Crippen molar-refractivity contribution in [1.29, 1.82) is 0 Å². The largest absolute Gasteiger partial charge is 0.465 e. The van der Waals surface area contributed by atoms with Crippen LogP contribution in [-0.4, -0.2) is 13.1 Å². The molecule has 19 heavy (non-hydrogen) atoms. The Bertz CT molecular complexity index is 582. The van der Waals surface area contributed by atoms with Gasteiger partial charge in [0.1, 0.15) is 0 Å². The van der Waals surface area contributed by atoms with Crippen molar-refractivity contribution in [2.24, 2.45) is 0 Å². The van der Waals surface area contributed by atoms with E-state index in [1.54, 1.807) is 12.1 Å². The molecule has 0 unspecified atom stereocenters. The van der Waals surface area contributed by atoms with Gasteiger partial charge < -0.3 is 15.8 Å². The van der Waals surface area contributed by atoms with E-state index in [2.05, 4.69) is 10.1 Å². The van der Waals surface area contributed by atoms with E-state index in [1.165, 1.54) is 7.11 Å². The fourth-order valence-electron chi connectivity index (χ4n) is 1.78. The first-order valence-corrected chi connectivity index (χ1v) is 5.96. The summed E-state index contributed by atoms with van der Waals surface area (Å²) in [5.41, 5.74) is 8.94. The lowest BCUT2D eigenvalue weighted by Gasteiger charge is -2.08. The minimum Gasteiger partial charge on any atom is -0.465 e. The van der Waals surface area contributed by atoms with Crippen LogP contribution in [0.3, 0.4) is 0 Å². The molecule has 0 spiro atoms. The average molecular weight is 256 g/mol. The number of hydrogen-bond donors (Lipinski definition) is 2. The van der Waals surface area contributed by atoms with E-state index in [1.807, 2.05) is 36.4 Å². The second-order valence-electron chi connectivity index (χ2n) is 4.17. The molecule has 0 aromatic heterocycles. The minimum atomic E-state index is -0.340. The number of ether oxygens (including phenoxy) is 1. The van der Waals surface area contributed by atoms with Crippen LogP contribution in [0.1, 0.15) is 15.9 Å². The Morgan fingerprint density at radius 3 is 2.74 bits per heavy atom. The summed E-state index contributed by atoms with van der Waals surface area (Å²) in [6.45, 7) is 0.648. The first-order valence-electron chi connectivity index (χ1n) is 5.96. The third-order valence-electron chi connectivity index (χ3n) is 2.73. The van der Waals surface area contributed by atoms with Crippen LogP contribution < -0.4 is 11.1 Å². The second kappa shape index (κ2) is 5.91. The fourth-order valence-corrected chi connectivity index (χ4v) is 1.78. The highest BCUT2D eigenvalue weighted by molar-refractivity contribution is 5.90. The summed E-state index contributed by atoms with van der Waals surface area (Å²) in [6.07, 6.45) is 0. The summed E-state index contributed by atoms with van der Waals surface area (Å²) in [7, 11) is 1.37. The average Bonchev–Trinajstić information content (AvgIpc) is 2.45. The molecule has 0 bridgehead atoms. The molecule has 2 rings (SSSR count). The van der Waals surface area contributed by atoms with Crippen LogP contribution >= 0.6 is 0 Å². The summed E-state index contributed by atoms with van der Waals surface area (Å²) in [4.78, 5) is 11.4. The van der Waals surface area contributed by atoms with E-state index in [4.69, 9.17) is 5.73 Å². The van der Waals surface area contributed by atoms with Gasteiger partial charge in [0.05, 0.1) is 12.7 Å². The molecule has 2 aromatic rings. The molecule has 0 radical (unpaired) electrons. The highest BCUT2D eigenvalue weighted by Gasteiger charge is 2.05. The molecule has 4 nitrogen and oxygen atoms in total. The summed E-state index contributed by atoms with van der Waals surface area (Å²) in [6, 6.07) is 14.9. The van der Waals surface area contributed by atoms with E-state index in [0.29, 0.717) is 12.1 Å². The number of nitrogens with two attached hydrogens (primary N) is 1. The number of anilines is 2. The number of esters is 1. The lowest BCUT2D eigenvalue weighted by molar-refractivity contribution is 0.0601. The molecular formula is C15H16N2O2. The van der Waals surface area contributed by atoms with Crippen LogP contribution in [0.5, 0.6) is 0 Å². The predicted molar refractivity (Wildman–Crippen MR) is 76.0 cm³/mol. The van der Waals surface area contributed by atoms with Crippen LogP contribution in [0.25, 0.3) is 0 Å². The number of carbonyl (C=O) groups is 1. The third-order valence-corrected chi connectivity index (χ3v) is 2.73. The van der Waals surface area contributed by atoms with Gasteiger partial charge in [-0.3, -0.25) is 0 Å². The third kappa shape index (κ3) is 3.48. The zero-order valence-corrected chi connectivity index (χ0v) is 10.7. The Labute approximate surface area is 112 Å². The Hall–Kier alpha value is -2.49. The van der Waals surface area contributed by atoms with Crippen molar-refractivity contribution in [2.45, 2.75) is 6.54 Å². The van der Waals surface area contributed by atoms with Gasteiger partial charge >= 0.3 is 5.97 Å². The minimum absolute atomic E-state index is 0.340. The van der Waals surface area contributed by atoms with Crippen molar-refractivity contribution in [2.75, 3.05) is 18.2 Å². The van der Waals surface area contributed by atoms with Crippen molar-refractivity contribution in [3.8, 4) is 0 Å². The van der Waals surface area contributed by atoms with Crippen LogP contribution in [0.4, 0.5) is 11.4 Å². The van der Waals surface area contributed by atoms with Gasteiger partial charge in [0, 0.05) is 17.9 Å². The van der Waals surface area contributed by atoms with Gasteiger partial charge in [0.15, 0.2) is 0 Å². The smallest absolute Gasteiger partial charge is 0.337 e. The quantitative estimate of drug-likeness (QED) is 0.652. The molecule has 0 amide bonds. The molecule has 0 aliphatic carbocycles. The predicted octanol–water partition coefficient (Wildman–Crippen LogP) is 2.67. The van der Waals surface area contributed by atoms with Gasteiger partial charge in [-0.15, -0.1) is 0 Å². The lowest BCUT2D eigenvalue weighted by Crippen LogP contribution is -2.04. The van der Waals surface area contributed by atoms with Gasteiger partial charge in [-0.25, -0.2) is 4.79 Å². The molecule has 0 fully saturated rings. The molecule has 0 aliphatic heterocycles. The first kappa shape index (κ1) is 13.0. The number of carbonyl (C=O) groups excluding carboxylic acids is 1. The molecular weight excluding hydrogens is 240 g/mol. The van der Waals surface area contributed by atoms with Gasteiger partial charge in [-0.2, -0.15) is 0 Å². The molecule has 0 atom stereocenters.